The summed E-state index contributed by atoms with van der Waals surface area (Å²) in [7, 11) is 4.05. The van der Waals surface area contributed by atoms with Gasteiger partial charge in [-0.3, -0.25) is 4.79 Å². The fourth-order valence-corrected chi connectivity index (χ4v) is 4.84. The first-order valence-electron chi connectivity index (χ1n) is 9.70. The Labute approximate surface area is 170 Å². The Morgan fingerprint density at radius 2 is 2.07 bits per heavy atom. The first-order chi connectivity index (χ1) is 13.5. The third-order valence-electron chi connectivity index (χ3n) is 5.29. The highest BCUT2D eigenvalue weighted by Crippen LogP contribution is 2.32. The van der Waals surface area contributed by atoms with Gasteiger partial charge in [0.25, 0.3) is 0 Å². The summed E-state index contributed by atoms with van der Waals surface area (Å²) in [4.78, 5) is 22.0. The number of nitrogens with one attached hydrogen (secondary N) is 1. The molecule has 0 radical (unpaired) electrons. The lowest BCUT2D eigenvalue weighted by Gasteiger charge is -2.31. The smallest absolute Gasteiger partial charge is 0.229 e. The SMILES string of the molecule is Cc1cc(NC(=O)C2CCCN(c3nc4ccccc4s3)C2)ccc1N(C)C. The maximum atomic E-state index is 12.9. The van der Waals surface area contributed by atoms with E-state index in [9.17, 15) is 4.79 Å². The van der Waals surface area contributed by atoms with Gasteiger partial charge in [-0.15, -0.1) is 0 Å². The molecular formula is C22H26N4OS. The maximum absolute atomic E-state index is 12.9. The number of hydrogen-bond donors (Lipinski definition) is 1. The second kappa shape index (κ2) is 7.80. The average molecular weight is 395 g/mol. The van der Waals surface area contributed by atoms with E-state index in [-0.39, 0.29) is 11.8 Å². The van der Waals surface area contributed by atoms with Crippen LogP contribution in [-0.4, -0.2) is 38.1 Å². The van der Waals surface area contributed by atoms with Crippen molar-refractivity contribution in [3.63, 3.8) is 0 Å². The molecule has 4 rings (SSSR count). The molecule has 1 aromatic heterocycles. The number of nitrogens with zero attached hydrogens (tertiary/aromatic N) is 3. The molecule has 146 valence electrons. The molecule has 1 fully saturated rings. The lowest BCUT2D eigenvalue weighted by molar-refractivity contribution is -0.120. The van der Waals surface area contributed by atoms with Crippen molar-refractivity contribution in [2.75, 3.05) is 42.3 Å². The van der Waals surface area contributed by atoms with Crippen LogP contribution in [0.2, 0.25) is 0 Å². The van der Waals surface area contributed by atoms with Crippen molar-refractivity contribution in [3.8, 4) is 0 Å². The molecule has 1 N–H and O–H groups in total. The molecule has 5 nitrogen and oxygen atoms in total. The number of amides is 1. The first kappa shape index (κ1) is 18.7. The van der Waals surface area contributed by atoms with E-state index >= 15 is 0 Å². The Morgan fingerprint density at radius 3 is 2.82 bits per heavy atom. The Bertz CT molecular complexity index is 964. The molecule has 2 aromatic carbocycles. The van der Waals surface area contributed by atoms with Crippen molar-refractivity contribution >= 4 is 44.0 Å². The zero-order valence-corrected chi connectivity index (χ0v) is 17.4. The summed E-state index contributed by atoms with van der Waals surface area (Å²) in [6, 6.07) is 14.3. The van der Waals surface area contributed by atoms with Crippen LogP contribution >= 0.6 is 11.3 Å². The maximum Gasteiger partial charge on any atom is 0.229 e. The number of anilines is 3. The van der Waals surface area contributed by atoms with Crippen LogP contribution in [0.15, 0.2) is 42.5 Å². The summed E-state index contributed by atoms with van der Waals surface area (Å²) in [5.41, 5.74) is 4.22. The Balaban J connectivity index is 1.45. The van der Waals surface area contributed by atoms with Gasteiger partial charge in [-0.2, -0.15) is 0 Å². The summed E-state index contributed by atoms with van der Waals surface area (Å²) < 4.78 is 1.19. The van der Waals surface area contributed by atoms with Gasteiger partial charge in [-0.25, -0.2) is 4.98 Å². The van der Waals surface area contributed by atoms with E-state index in [1.807, 2.05) is 44.4 Å². The third kappa shape index (κ3) is 3.83. The van der Waals surface area contributed by atoms with Crippen LogP contribution in [0.4, 0.5) is 16.5 Å². The number of carbonyl (C=O) groups excluding carboxylic acids is 1. The molecule has 2 heterocycles. The van der Waals surface area contributed by atoms with Crippen LogP contribution in [0.25, 0.3) is 10.2 Å². The van der Waals surface area contributed by atoms with Crippen LogP contribution in [0.1, 0.15) is 18.4 Å². The Hall–Kier alpha value is -2.60. The molecule has 1 atom stereocenters. The van der Waals surface area contributed by atoms with Crippen molar-refractivity contribution in [1.82, 2.24) is 4.98 Å². The van der Waals surface area contributed by atoms with E-state index in [1.54, 1.807) is 11.3 Å². The summed E-state index contributed by atoms with van der Waals surface area (Å²) in [6.45, 7) is 3.75. The summed E-state index contributed by atoms with van der Waals surface area (Å²) in [5.74, 6) is 0.0809. The minimum absolute atomic E-state index is 0.0189. The number of benzene rings is 2. The molecule has 1 unspecified atom stereocenters. The fourth-order valence-electron chi connectivity index (χ4n) is 3.84. The Kier molecular flexibility index (Phi) is 5.22. The summed E-state index contributed by atoms with van der Waals surface area (Å²) >= 11 is 1.71. The number of aryl methyl sites for hydroxylation is 1. The van der Waals surface area contributed by atoms with Crippen LogP contribution in [0.5, 0.6) is 0 Å². The number of carbonyl (C=O) groups is 1. The van der Waals surface area contributed by atoms with Crippen LogP contribution in [0.3, 0.4) is 0 Å². The number of aromatic nitrogens is 1. The van der Waals surface area contributed by atoms with E-state index in [0.29, 0.717) is 0 Å². The van der Waals surface area contributed by atoms with Gasteiger partial charge in [-0.05, 0) is 55.7 Å². The van der Waals surface area contributed by atoms with E-state index < -0.39 is 0 Å². The highest BCUT2D eigenvalue weighted by molar-refractivity contribution is 7.22. The van der Waals surface area contributed by atoms with E-state index in [0.717, 1.165) is 53.5 Å². The molecule has 6 heteroatoms. The number of rotatable bonds is 4. The number of hydrogen-bond acceptors (Lipinski definition) is 5. The van der Waals surface area contributed by atoms with Gasteiger partial charge in [0.05, 0.1) is 16.1 Å². The third-order valence-corrected chi connectivity index (χ3v) is 6.39. The minimum atomic E-state index is -0.0189. The van der Waals surface area contributed by atoms with Gasteiger partial charge in [-0.1, -0.05) is 23.5 Å². The topological polar surface area (TPSA) is 48.5 Å². The number of thiazole rings is 1. The average Bonchev–Trinajstić information content (AvgIpc) is 3.12. The number of piperidine rings is 1. The normalized spacial score (nSPS) is 17.0. The molecule has 1 aliphatic rings. The lowest BCUT2D eigenvalue weighted by atomic mass is 9.97. The van der Waals surface area contributed by atoms with Gasteiger partial charge in [0.1, 0.15) is 0 Å². The van der Waals surface area contributed by atoms with Gasteiger partial charge in [0.15, 0.2) is 5.13 Å². The van der Waals surface area contributed by atoms with Crippen molar-refractivity contribution < 1.29 is 4.79 Å². The predicted octanol–water partition coefficient (Wildman–Crippen LogP) is 4.53. The minimum Gasteiger partial charge on any atom is -0.377 e. The van der Waals surface area contributed by atoms with Crippen LogP contribution in [0, 0.1) is 12.8 Å². The lowest BCUT2D eigenvalue weighted by Crippen LogP contribution is -2.40. The summed E-state index contributed by atoms with van der Waals surface area (Å²) in [6.07, 6.45) is 1.93. The predicted molar refractivity (Wildman–Crippen MR) is 119 cm³/mol. The van der Waals surface area contributed by atoms with Crippen LogP contribution in [-0.2, 0) is 4.79 Å². The fraction of sp³-hybridized carbons (Fsp3) is 0.364. The van der Waals surface area contributed by atoms with E-state index in [2.05, 4.69) is 34.2 Å². The molecular weight excluding hydrogens is 368 g/mol. The van der Waals surface area contributed by atoms with Gasteiger partial charge >= 0.3 is 0 Å². The largest absolute Gasteiger partial charge is 0.377 e. The monoisotopic (exact) mass is 394 g/mol. The molecule has 0 aliphatic carbocycles. The Morgan fingerprint density at radius 1 is 1.25 bits per heavy atom. The van der Waals surface area contributed by atoms with Gasteiger partial charge in [0, 0.05) is 38.6 Å². The van der Waals surface area contributed by atoms with Crippen molar-refractivity contribution in [2.24, 2.45) is 5.92 Å². The van der Waals surface area contributed by atoms with E-state index in [1.165, 1.54) is 4.70 Å². The number of para-hydroxylation sites is 1. The quantitative estimate of drug-likeness (QED) is 0.706. The zero-order chi connectivity index (χ0) is 19.7. The highest BCUT2D eigenvalue weighted by atomic mass is 32.1. The van der Waals surface area contributed by atoms with Gasteiger partial charge < -0.3 is 15.1 Å². The molecule has 0 spiro atoms. The highest BCUT2D eigenvalue weighted by Gasteiger charge is 2.27. The molecule has 0 saturated carbocycles. The molecule has 3 aromatic rings. The molecule has 1 saturated heterocycles. The zero-order valence-electron chi connectivity index (χ0n) is 16.6. The van der Waals surface area contributed by atoms with Crippen LogP contribution < -0.4 is 15.1 Å². The standard InChI is InChI=1S/C22H26N4OS/c1-15-13-17(10-11-19(15)25(2)3)23-21(27)16-7-6-12-26(14-16)22-24-18-8-4-5-9-20(18)28-22/h4-5,8-11,13,16H,6-7,12,14H2,1-3H3,(H,23,27). The molecule has 28 heavy (non-hydrogen) atoms. The van der Waals surface area contributed by atoms with E-state index in [4.69, 9.17) is 4.98 Å². The molecule has 1 amide bonds. The van der Waals surface area contributed by atoms with Crippen molar-refractivity contribution in [3.05, 3.63) is 48.0 Å². The van der Waals surface area contributed by atoms with Crippen molar-refractivity contribution in [1.29, 1.82) is 0 Å². The number of fused-ring (bicyclic) bond motifs is 1. The molecule has 1 aliphatic heterocycles. The summed E-state index contributed by atoms with van der Waals surface area (Å²) in [5, 5.41) is 4.13. The molecule has 0 bridgehead atoms. The van der Waals surface area contributed by atoms with Crippen molar-refractivity contribution in [2.45, 2.75) is 19.8 Å². The first-order valence-corrected chi connectivity index (χ1v) is 10.5. The second-order valence-corrected chi connectivity index (χ2v) is 8.64. The second-order valence-electron chi connectivity index (χ2n) is 7.63. The van der Waals surface area contributed by atoms with Gasteiger partial charge in [0.2, 0.25) is 5.91 Å².